The van der Waals surface area contributed by atoms with E-state index in [0.717, 1.165) is 43.6 Å². The molecule has 4 heterocycles. The van der Waals surface area contributed by atoms with Crippen LogP contribution < -0.4 is 14.5 Å². The van der Waals surface area contributed by atoms with E-state index in [4.69, 9.17) is 9.72 Å². The molecule has 0 aromatic carbocycles. The Morgan fingerprint density at radius 2 is 1.79 bits per heavy atom. The lowest BCUT2D eigenvalue weighted by Crippen LogP contribution is -2.49. The van der Waals surface area contributed by atoms with E-state index >= 15 is 0 Å². The van der Waals surface area contributed by atoms with Crippen molar-refractivity contribution in [1.82, 2.24) is 19.9 Å². The maximum atomic E-state index is 12.8. The number of aromatic nitrogens is 3. The van der Waals surface area contributed by atoms with E-state index in [9.17, 15) is 4.79 Å². The van der Waals surface area contributed by atoms with Crippen molar-refractivity contribution in [2.45, 2.75) is 26.7 Å². The number of carbonyl (C=O) groups excluding carboxylic acids is 1. The van der Waals surface area contributed by atoms with Crippen molar-refractivity contribution >= 4 is 17.7 Å². The average molecular weight is 396 g/mol. The van der Waals surface area contributed by atoms with Gasteiger partial charge in [-0.25, -0.2) is 9.97 Å². The van der Waals surface area contributed by atoms with Gasteiger partial charge in [0.1, 0.15) is 5.82 Å². The predicted octanol–water partition coefficient (Wildman–Crippen LogP) is 2.14. The van der Waals surface area contributed by atoms with Crippen LogP contribution in [0.4, 0.5) is 11.8 Å². The van der Waals surface area contributed by atoms with Crippen molar-refractivity contribution in [3.63, 3.8) is 0 Å². The number of piperazine rings is 1. The van der Waals surface area contributed by atoms with Crippen molar-refractivity contribution < 1.29 is 9.53 Å². The van der Waals surface area contributed by atoms with Crippen LogP contribution >= 0.6 is 0 Å². The Kier molecular flexibility index (Phi) is 5.78. The van der Waals surface area contributed by atoms with Crippen LogP contribution in [-0.4, -0.2) is 71.6 Å². The second-order valence-electron chi connectivity index (χ2n) is 7.46. The quantitative estimate of drug-likeness (QED) is 0.766. The minimum Gasteiger partial charge on any atom is -0.478 e. The maximum Gasteiger partial charge on any atom is 0.255 e. The average Bonchev–Trinajstić information content (AvgIpc) is 3.29. The van der Waals surface area contributed by atoms with E-state index in [0.29, 0.717) is 31.1 Å². The lowest BCUT2D eigenvalue weighted by Gasteiger charge is -2.35. The van der Waals surface area contributed by atoms with Crippen molar-refractivity contribution in [2.75, 3.05) is 55.7 Å². The normalized spacial score (nSPS) is 17.0. The molecule has 2 saturated heterocycles. The minimum absolute atomic E-state index is 0.00288. The number of aryl methyl sites for hydroxylation is 1. The molecule has 8 heteroatoms. The third-order valence-corrected chi connectivity index (χ3v) is 5.38. The first-order valence-electron chi connectivity index (χ1n) is 10.4. The van der Waals surface area contributed by atoms with Crippen molar-refractivity contribution in [2.24, 2.45) is 0 Å². The Hall–Kier alpha value is -2.90. The summed E-state index contributed by atoms with van der Waals surface area (Å²) in [5, 5.41) is 0. The first-order chi connectivity index (χ1) is 14.1. The SMILES string of the molecule is CCOc1ccc(C(=O)N2CCN(c3nc(C)cc(N4CCCC4)n3)CC2)cn1. The molecular formula is C21H28N6O2. The zero-order chi connectivity index (χ0) is 20.2. The number of anilines is 2. The second-order valence-corrected chi connectivity index (χ2v) is 7.46. The minimum atomic E-state index is 0.00288. The largest absolute Gasteiger partial charge is 0.478 e. The van der Waals surface area contributed by atoms with E-state index in [2.05, 4.69) is 25.8 Å². The number of amides is 1. The van der Waals surface area contributed by atoms with Crippen LogP contribution in [-0.2, 0) is 0 Å². The first kappa shape index (κ1) is 19.4. The molecule has 0 N–H and O–H groups in total. The highest BCUT2D eigenvalue weighted by Crippen LogP contribution is 2.22. The van der Waals surface area contributed by atoms with Crippen LogP contribution in [0.15, 0.2) is 24.4 Å². The zero-order valence-corrected chi connectivity index (χ0v) is 17.2. The summed E-state index contributed by atoms with van der Waals surface area (Å²) >= 11 is 0. The van der Waals surface area contributed by atoms with Crippen LogP contribution in [0.1, 0.15) is 35.8 Å². The number of pyridine rings is 1. The highest BCUT2D eigenvalue weighted by Gasteiger charge is 2.25. The zero-order valence-electron chi connectivity index (χ0n) is 17.2. The standard InChI is InChI=1S/C21H28N6O2/c1-3-29-19-7-6-17(15-22-19)20(28)26-10-12-27(13-11-26)21-23-16(2)14-18(24-21)25-8-4-5-9-25/h6-7,14-15H,3-5,8-13H2,1-2H3. The molecule has 0 radical (unpaired) electrons. The van der Waals surface area contributed by atoms with Crippen LogP contribution in [0.25, 0.3) is 0 Å². The van der Waals surface area contributed by atoms with E-state index in [-0.39, 0.29) is 5.91 Å². The molecule has 4 rings (SSSR count). The van der Waals surface area contributed by atoms with E-state index in [1.54, 1.807) is 18.3 Å². The van der Waals surface area contributed by atoms with E-state index in [1.807, 2.05) is 18.7 Å². The van der Waals surface area contributed by atoms with Gasteiger partial charge in [0.05, 0.1) is 12.2 Å². The Labute approximate surface area is 171 Å². The number of hydrogen-bond donors (Lipinski definition) is 0. The second kappa shape index (κ2) is 8.63. The molecule has 8 nitrogen and oxygen atoms in total. The molecule has 29 heavy (non-hydrogen) atoms. The Morgan fingerprint density at radius 3 is 2.45 bits per heavy atom. The molecule has 2 aliphatic rings. The van der Waals surface area contributed by atoms with Crippen molar-refractivity contribution in [3.05, 3.63) is 35.7 Å². The molecule has 2 aromatic heterocycles. The van der Waals surface area contributed by atoms with Gasteiger partial charge in [-0.1, -0.05) is 0 Å². The van der Waals surface area contributed by atoms with Gasteiger partial charge in [-0.05, 0) is 32.8 Å². The van der Waals surface area contributed by atoms with E-state index in [1.165, 1.54) is 12.8 Å². The van der Waals surface area contributed by atoms with Gasteiger partial charge in [-0.2, -0.15) is 4.98 Å². The summed E-state index contributed by atoms with van der Waals surface area (Å²) in [5.74, 6) is 2.33. The summed E-state index contributed by atoms with van der Waals surface area (Å²) in [7, 11) is 0. The molecule has 0 atom stereocenters. The smallest absolute Gasteiger partial charge is 0.255 e. The lowest BCUT2D eigenvalue weighted by molar-refractivity contribution is 0.0745. The summed E-state index contributed by atoms with van der Waals surface area (Å²) in [6.45, 7) is 9.34. The Bertz CT molecular complexity index is 843. The fraction of sp³-hybridized carbons (Fsp3) is 0.524. The summed E-state index contributed by atoms with van der Waals surface area (Å²) in [5.41, 5.74) is 1.57. The Morgan fingerprint density at radius 1 is 1.03 bits per heavy atom. The first-order valence-corrected chi connectivity index (χ1v) is 10.4. The number of rotatable bonds is 5. The van der Waals surface area contributed by atoms with Crippen LogP contribution in [0, 0.1) is 6.92 Å². The van der Waals surface area contributed by atoms with Gasteiger partial charge in [-0.15, -0.1) is 0 Å². The molecular weight excluding hydrogens is 368 g/mol. The van der Waals surface area contributed by atoms with Gasteiger partial charge >= 0.3 is 0 Å². The fourth-order valence-electron chi connectivity index (χ4n) is 3.82. The summed E-state index contributed by atoms with van der Waals surface area (Å²) in [6, 6.07) is 5.58. The fourth-order valence-corrected chi connectivity index (χ4v) is 3.82. The monoisotopic (exact) mass is 396 g/mol. The number of ether oxygens (including phenoxy) is 1. The molecule has 0 unspecified atom stereocenters. The van der Waals surface area contributed by atoms with Crippen LogP contribution in [0.2, 0.25) is 0 Å². The molecule has 0 aliphatic carbocycles. The van der Waals surface area contributed by atoms with Crippen LogP contribution in [0.5, 0.6) is 5.88 Å². The third kappa shape index (κ3) is 4.41. The van der Waals surface area contributed by atoms with Gasteiger partial charge < -0.3 is 19.4 Å². The van der Waals surface area contributed by atoms with Gasteiger partial charge in [0, 0.05) is 63.3 Å². The molecule has 2 aliphatic heterocycles. The maximum absolute atomic E-state index is 12.8. The summed E-state index contributed by atoms with van der Waals surface area (Å²) in [6.07, 6.45) is 4.03. The van der Waals surface area contributed by atoms with Gasteiger partial charge in [0.25, 0.3) is 5.91 Å². The van der Waals surface area contributed by atoms with Crippen molar-refractivity contribution in [3.8, 4) is 5.88 Å². The van der Waals surface area contributed by atoms with Gasteiger partial charge in [0.2, 0.25) is 11.8 Å². The molecule has 154 valence electrons. The highest BCUT2D eigenvalue weighted by atomic mass is 16.5. The predicted molar refractivity (Wildman–Crippen MR) is 112 cm³/mol. The third-order valence-electron chi connectivity index (χ3n) is 5.38. The number of nitrogens with zero attached hydrogens (tertiary/aromatic N) is 6. The van der Waals surface area contributed by atoms with E-state index < -0.39 is 0 Å². The summed E-state index contributed by atoms with van der Waals surface area (Å²) < 4.78 is 5.35. The molecule has 2 fully saturated rings. The molecule has 1 amide bonds. The molecule has 2 aromatic rings. The van der Waals surface area contributed by atoms with Gasteiger partial charge in [-0.3, -0.25) is 4.79 Å². The molecule has 0 saturated carbocycles. The highest BCUT2D eigenvalue weighted by molar-refractivity contribution is 5.94. The number of carbonyl (C=O) groups is 1. The number of hydrogen-bond acceptors (Lipinski definition) is 7. The molecule has 0 bridgehead atoms. The Balaban J connectivity index is 1.39. The molecule has 0 spiro atoms. The lowest BCUT2D eigenvalue weighted by atomic mass is 10.2. The van der Waals surface area contributed by atoms with Crippen LogP contribution in [0.3, 0.4) is 0 Å². The summed E-state index contributed by atoms with van der Waals surface area (Å²) in [4.78, 5) is 32.8. The van der Waals surface area contributed by atoms with Gasteiger partial charge in [0.15, 0.2) is 0 Å². The topological polar surface area (TPSA) is 74.7 Å². The van der Waals surface area contributed by atoms with Crippen molar-refractivity contribution in [1.29, 1.82) is 0 Å².